The van der Waals surface area contributed by atoms with Crippen molar-refractivity contribution < 1.29 is 14.3 Å². The Morgan fingerprint density at radius 3 is 2.95 bits per heavy atom. The molecule has 5 nitrogen and oxygen atoms in total. The van der Waals surface area contributed by atoms with Gasteiger partial charge in [-0.15, -0.1) is 0 Å². The van der Waals surface area contributed by atoms with Crippen LogP contribution < -0.4 is 10.6 Å². The largest absolute Gasteiger partial charge is 0.466 e. The summed E-state index contributed by atoms with van der Waals surface area (Å²) in [4.78, 5) is 25.3. The van der Waals surface area contributed by atoms with Crippen LogP contribution in [0, 0.1) is 12.8 Å². The lowest BCUT2D eigenvalue weighted by Crippen LogP contribution is -2.27. The van der Waals surface area contributed by atoms with Crippen molar-refractivity contribution in [3.05, 3.63) is 23.8 Å². The quantitative estimate of drug-likeness (QED) is 0.661. The van der Waals surface area contributed by atoms with Crippen LogP contribution in [-0.4, -0.2) is 25.0 Å². The van der Waals surface area contributed by atoms with E-state index < -0.39 is 0 Å². The number of nitrogens with zero attached hydrogens (tertiary/aromatic N) is 1. The second-order valence-corrected chi connectivity index (χ2v) is 4.65. The molecule has 102 valence electrons. The first-order valence-corrected chi connectivity index (χ1v) is 6.36. The molecule has 5 heteroatoms. The summed E-state index contributed by atoms with van der Waals surface area (Å²) in [5.74, 6) is -0.750. The van der Waals surface area contributed by atoms with Crippen LogP contribution in [0.3, 0.4) is 0 Å². The number of hydrogen-bond donors (Lipinski definition) is 1. The number of esters is 1. The SMILES string of the molecule is CCOC(=O)[C@H]1CC(=O)N(c2cccc(N)c2C)C1. The summed E-state index contributed by atoms with van der Waals surface area (Å²) in [5, 5.41) is 0. The molecule has 1 heterocycles. The molecule has 0 bridgehead atoms. The summed E-state index contributed by atoms with van der Waals surface area (Å²) in [7, 11) is 0. The van der Waals surface area contributed by atoms with E-state index in [0.29, 0.717) is 18.8 Å². The van der Waals surface area contributed by atoms with E-state index in [4.69, 9.17) is 10.5 Å². The molecule has 1 amide bonds. The van der Waals surface area contributed by atoms with Gasteiger partial charge < -0.3 is 15.4 Å². The van der Waals surface area contributed by atoms with Gasteiger partial charge in [0, 0.05) is 24.3 Å². The highest BCUT2D eigenvalue weighted by Gasteiger charge is 2.36. The van der Waals surface area contributed by atoms with Crippen LogP contribution in [0.15, 0.2) is 18.2 Å². The molecule has 0 saturated carbocycles. The maximum atomic E-state index is 12.0. The van der Waals surface area contributed by atoms with E-state index in [-0.39, 0.29) is 24.2 Å². The van der Waals surface area contributed by atoms with E-state index in [0.717, 1.165) is 11.3 Å². The molecule has 1 atom stereocenters. The molecular formula is C14H18N2O3. The van der Waals surface area contributed by atoms with E-state index in [2.05, 4.69) is 0 Å². The third-order valence-electron chi connectivity index (χ3n) is 3.38. The molecule has 19 heavy (non-hydrogen) atoms. The van der Waals surface area contributed by atoms with E-state index >= 15 is 0 Å². The minimum absolute atomic E-state index is 0.0632. The van der Waals surface area contributed by atoms with Crippen molar-refractivity contribution in [3.8, 4) is 0 Å². The highest BCUT2D eigenvalue weighted by Crippen LogP contribution is 2.30. The van der Waals surface area contributed by atoms with E-state index in [9.17, 15) is 9.59 Å². The topological polar surface area (TPSA) is 72.6 Å². The number of rotatable bonds is 3. The van der Waals surface area contributed by atoms with Gasteiger partial charge in [0.25, 0.3) is 0 Å². The number of carbonyl (C=O) groups is 2. The molecule has 0 aliphatic carbocycles. The number of amides is 1. The predicted octanol–water partition coefficient (Wildman–Crippen LogP) is 1.49. The van der Waals surface area contributed by atoms with Crippen molar-refractivity contribution in [2.75, 3.05) is 23.8 Å². The summed E-state index contributed by atoms with van der Waals surface area (Å²) in [6.45, 7) is 4.33. The molecule has 2 rings (SSSR count). The highest BCUT2D eigenvalue weighted by atomic mass is 16.5. The van der Waals surface area contributed by atoms with Gasteiger partial charge in [-0.3, -0.25) is 9.59 Å². The van der Waals surface area contributed by atoms with Crippen molar-refractivity contribution in [1.29, 1.82) is 0 Å². The van der Waals surface area contributed by atoms with Crippen molar-refractivity contribution in [2.24, 2.45) is 5.92 Å². The molecule has 1 fully saturated rings. The lowest BCUT2D eigenvalue weighted by molar-refractivity contribution is -0.147. The van der Waals surface area contributed by atoms with Crippen molar-refractivity contribution in [1.82, 2.24) is 0 Å². The minimum Gasteiger partial charge on any atom is -0.466 e. The van der Waals surface area contributed by atoms with E-state index in [1.807, 2.05) is 19.1 Å². The van der Waals surface area contributed by atoms with Crippen LogP contribution in [0.25, 0.3) is 0 Å². The van der Waals surface area contributed by atoms with Crippen molar-refractivity contribution >= 4 is 23.3 Å². The fourth-order valence-electron chi connectivity index (χ4n) is 2.29. The van der Waals surface area contributed by atoms with Crippen LogP contribution in [0.1, 0.15) is 18.9 Å². The average Bonchev–Trinajstić information content (AvgIpc) is 2.75. The lowest BCUT2D eigenvalue weighted by atomic mass is 10.1. The van der Waals surface area contributed by atoms with Crippen LogP contribution in [0.5, 0.6) is 0 Å². The zero-order chi connectivity index (χ0) is 14.0. The smallest absolute Gasteiger partial charge is 0.311 e. The van der Waals surface area contributed by atoms with Crippen LogP contribution in [-0.2, 0) is 14.3 Å². The monoisotopic (exact) mass is 262 g/mol. The molecule has 0 spiro atoms. The number of nitrogen functional groups attached to an aromatic ring is 1. The Balaban J connectivity index is 2.20. The number of nitrogens with two attached hydrogens (primary N) is 1. The molecule has 1 aromatic carbocycles. The fraction of sp³-hybridized carbons (Fsp3) is 0.429. The molecule has 1 aliphatic heterocycles. The van der Waals surface area contributed by atoms with E-state index in [1.54, 1.807) is 17.9 Å². The van der Waals surface area contributed by atoms with Gasteiger partial charge in [-0.05, 0) is 31.5 Å². The first-order chi connectivity index (χ1) is 9.04. The minimum atomic E-state index is -0.381. The molecule has 1 aromatic rings. The zero-order valence-corrected chi connectivity index (χ0v) is 11.2. The van der Waals surface area contributed by atoms with Crippen LogP contribution in [0.2, 0.25) is 0 Å². The lowest BCUT2D eigenvalue weighted by Gasteiger charge is -2.19. The number of benzene rings is 1. The zero-order valence-electron chi connectivity index (χ0n) is 11.2. The normalized spacial score (nSPS) is 18.7. The summed E-state index contributed by atoms with van der Waals surface area (Å²) < 4.78 is 4.97. The van der Waals surface area contributed by atoms with Gasteiger partial charge in [0.05, 0.1) is 12.5 Å². The van der Waals surface area contributed by atoms with Gasteiger partial charge in [-0.25, -0.2) is 0 Å². The van der Waals surface area contributed by atoms with Gasteiger partial charge in [-0.1, -0.05) is 6.07 Å². The van der Waals surface area contributed by atoms with Crippen molar-refractivity contribution in [2.45, 2.75) is 20.3 Å². The Kier molecular flexibility index (Phi) is 3.74. The second-order valence-electron chi connectivity index (χ2n) is 4.65. The van der Waals surface area contributed by atoms with Gasteiger partial charge in [0.2, 0.25) is 5.91 Å². The summed E-state index contributed by atoms with van der Waals surface area (Å²) in [5.41, 5.74) is 8.13. The van der Waals surface area contributed by atoms with Gasteiger partial charge >= 0.3 is 5.97 Å². The van der Waals surface area contributed by atoms with Gasteiger partial charge in [0.15, 0.2) is 0 Å². The Morgan fingerprint density at radius 2 is 2.26 bits per heavy atom. The molecule has 2 N–H and O–H groups in total. The summed E-state index contributed by atoms with van der Waals surface area (Å²) >= 11 is 0. The maximum absolute atomic E-state index is 12.0. The standard InChI is InChI=1S/C14H18N2O3/c1-3-19-14(18)10-7-13(17)16(8-10)12-6-4-5-11(15)9(12)2/h4-6,10H,3,7-8,15H2,1-2H3/t10-/m0/s1. The predicted molar refractivity (Wildman–Crippen MR) is 72.7 cm³/mol. The number of carbonyl (C=O) groups excluding carboxylic acids is 2. The van der Waals surface area contributed by atoms with Crippen LogP contribution in [0.4, 0.5) is 11.4 Å². The maximum Gasteiger partial charge on any atom is 0.311 e. The number of ether oxygens (including phenoxy) is 1. The van der Waals surface area contributed by atoms with E-state index in [1.165, 1.54) is 0 Å². The molecular weight excluding hydrogens is 244 g/mol. The third kappa shape index (κ3) is 2.54. The molecule has 0 radical (unpaired) electrons. The fourth-order valence-corrected chi connectivity index (χ4v) is 2.29. The Labute approximate surface area is 112 Å². The summed E-state index contributed by atoms with van der Waals surface area (Å²) in [6.07, 6.45) is 0.201. The summed E-state index contributed by atoms with van der Waals surface area (Å²) in [6, 6.07) is 5.45. The van der Waals surface area contributed by atoms with Crippen LogP contribution >= 0.6 is 0 Å². The molecule has 0 unspecified atom stereocenters. The van der Waals surface area contributed by atoms with Crippen molar-refractivity contribution in [3.63, 3.8) is 0 Å². The third-order valence-corrected chi connectivity index (χ3v) is 3.38. The highest BCUT2D eigenvalue weighted by molar-refractivity contribution is 6.00. The first-order valence-electron chi connectivity index (χ1n) is 6.36. The number of hydrogen-bond acceptors (Lipinski definition) is 4. The average molecular weight is 262 g/mol. The van der Waals surface area contributed by atoms with Gasteiger partial charge in [-0.2, -0.15) is 0 Å². The Bertz CT molecular complexity index is 513. The Hall–Kier alpha value is -2.04. The molecule has 1 aliphatic rings. The van der Waals surface area contributed by atoms with Gasteiger partial charge in [0.1, 0.15) is 0 Å². The molecule has 1 saturated heterocycles. The second kappa shape index (κ2) is 5.30. The molecule has 0 aromatic heterocycles. The Morgan fingerprint density at radius 1 is 1.53 bits per heavy atom. The first kappa shape index (κ1) is 13.4. The number of anilines is 2.